The van der Waals surface area contributed by atoms with Gasteiger partial charge in [0.15, 0.2) is 0 Å². The van der Waals surface area contributed by atoms with E-state index < -0.39 is 4.92 Å². The van der Waals surface area contributed by atoms with Crippen molar-refractivity contribution in [2.45, 2.75) is 12.8 Å². The summed E-state index contributed by atoms with van der Waals surface area (Å²) in [6.07, 6.45) is 1.09. The summed E-state index contributed by atoms with van der Waals surface area (Å²) < 4.78 is 0. The van der Waals surface area contributed by atoms with Gasteiger partial charge in [-0.2, -0.15) is 0 Å². The van der Waals surface area contributed by atoms with Gasteiger partial charge in [0, 0.05) is 25.2 Å². The van der Waals surface area contributed by atoms with Crippen LogP contribution in [-0.2, 0) is 11.2 Å². The number of nitro benzene ring substituents is 1. The first-order valence-corrected chi connectivity index (χ1v) is 6.79. The van der Waals surface area contributed by atoms with Crippen LogP contribution in [0.25, 0.3) is 0 Å². The molecule has 0 aliphatic carbocycles. The Kier molecular flexibility index (Phi) is 4.57. The number of carbonyl (C=O) groups is 1. The molecule has 1 aromatic rings. The average Bonchev–Trinajstić information content (AvgIpc) is 2.89. The van der Waals surface area contributed by atoms with E-state index in [-0.39, 0.29) is 23.0 Å². The third-order valence-electron chi connectivity index (χ3n) is 3.56. The molecule has 1 aromatic carbocycles. The minimum absolute atomic E-state index is 0.0169. The number of benzene rings is 1. The second-order valence-corrected chi connectivity index (χ2v) is 5.35. The standard InChI is InChI=1S/C13H16ClN3O3/c14-12-6-11(17(19)20)2-1-10(12)5-13(18)16-4-3-9(7-15)8-16/h1-2,6,9H,3-5,7-8,15H2. The second-order valence-electron chi connectivity index (χ2n) is 4.94. The van der Waals surface area contributed by atoms with Crippen LogP contribution in [0, 0.1) is 16.0 Å². The largest absolute Gasteiger partial charge is 0.342 e. The summed E-state index contributed by atoms with van der Waals surface area (Å²) in [4.78, 5) is 24.0. The van der Waals surface area contributed by atoms with Gasteiger partial charge in [0.25, 0.3) is 5.69 Å². The van der Waals surface area contributed by atoms with Crippen LogP contribution >= 0.6 is 11.6 Å². The molecule has 0 bridgehead atoms. The minimum atomic E-state index is -0.510. The van der Waals surface area contributed by atoms with Gasteiger partial charge >= 0.3 is 0 Å². The summed E-state index contributed by atoms with van der Waals surface area (Å²) in [7, 11) is 0. The summed E-state index contributed by atoms with van der Waals surface area (Å²) in [6, 6.07) is 4.17. The van der Waals surface area contributed by atoms with E-state index in [1.165, 1.54) is 18.2 Å². The molecule has 1 aliphatic heterocycles. The highest BCUT2D eigenvalue weighted by molar-refractivity contribution is 6.31. The van der Waals surface area contributed by atoms with E-state index >= 15 is 0 Å². The number of nitro groups is 1. The van der Waals surface area contributed by atoms with Crippen LogP contribution in [0.3, 0.4) is 0 Å². The van der Waals surface area contributed by atoms with E-state index in [4.69, 9.17) is 17.3 Å². The lowest BCUT2D eigenvalue weighted by Crippen LogP contribution is -2.31. The van der Waals surface area contributed by atoms with Crippen molar-refractivity contribution in [3.8, 4) is 0 Å². The maximum Gasteiger partial charge on any atom is 0.270 e. The average molecular weight is 298 g/mol. The minimum Gasteiger partial charge on any atom is -0.342 e. The molecule has 1 amide bonds. The van der Waals surface area contributed by atoms with Crippen LogP contribution in [0.15, 0.2) is 18.2 Å². The van der Waals surface area contributed by atoms with E-state index in [0.717, 1.165) is 6.42 Å². The quantitative estimate of drug-likeness (QED) is 0.675. The molecule has 2 rings (SSSR count). The second kappa shape index (κ2) is 6.19. The molecule has 7 heteroatoms. The van der Waals surface area contributed by atoms with Gasteiger partial charge in [-0.1, -0.05) is 17.7 Å². The van der Waals surface area contributed by atoms with Crippen molar-refractivity contribution in [1.82, 2.24) is 4.90 Å². The highest BCUT2D eigenvalue weighted by Gasteiger charge is 2.25. The molecule has 1 atom stereocenters. The van der Waals surface area contributed by atoms with E-state index in [2.05, 4.69) is 0 Å². The van der Waals surface area contributed by atoms with Crippen molar-refractivity contribution >= 4 is 23.2 Å². The molecule has 2 N–H and O–H groups in total. The number of likely N-dealkylation sites (tertiary alicyclic amines) is 1. The Hall–Kier alpha value is -1.66. The van der Waals surface area contributed by atoms with Crippen molar-refractivity contribution < 1.29 is 9.72 Å². The first kappa shape index (κ1) is 14.7. The smallest absolute Gasteiger partial charge is 0.270 e. The molecular formula is C13H16ClN3O3. The monoisotopic (exact) mass is 297 g/mol. The molecule has 1 fully saturated rings. The fourth-order valence-electron chi connectivity index (χ4n) is 2.32. The lowest BCUT2D eigenvalue weighted by molar-refractivity contribution is -0.384. The Morgan fingerprint density at radius 2 is 2.30 bits per heavy atom. The molecule has 1 unspecified atom stereocenters. The predicted molar refractivity (Wildman–Crippen MR) is 75.6 cm³/mol. The molecule has 0 saturated carbocycles. The van der Waals surface area contributed by atoms with Crippen molar-refractivity contribution in [2.75, 3.05) is 19.6 Å². The first-order chi connectivity index (χ1) is 9.51. The molecule has 1 saturated heterocycles. The van der Waals surface area contributed by atoms with E-state index in [0.29, 0.717) is 31.1 Å². The van der Waals surface area contributed by atoms with Gasteiger partial charge in [-0.05, 0) is 24.4 Å². The molecule has 0 radical (unpaired) electrons. The van der Waals surface area contributed by atoms with E-state index in [1.807, 2.05) is 0 Å². The number of hydrogen-bond donors (Lipinski definition) is 1. The van der Waals surface area contributed by atoms with Crippen molar-refractivity contribution in [1.29, 1.82) is 0 Å². The number of nitrogens with zero attached hydrogens (tertiary/aromatic N) is 2. The molecule has 0 spiro atoms. The molecule has 0 aromatic heterocycles. The van der Waals surface area contributed by atoms with E-state index in [9.17, 15) is 14.9 Å². The highest BCUT2D eigenvalue weighted by atomic mass is 35.5. The van der Waals surface area contributed by atoms with Crippen molar-refractivity contribution in [3.63, 3.8) is 0 Å². The van der Waals surface area contributed by atoms with Gasteiger partial charge < -0.3 is 10.6 Å². The maximum atomic E-state index is 12.1. The third kappa shape index (κ3) is 3.26. The fourth-order valence-corrected chi connectivity index (χ4v) is 2.56. The summed E-state index contributed by atoms with van der Waals surface area (Å²) >= 11 is 5.99. The molecule has 1 heterocycles. The summed E-state index contributed by atoms with van der Waals surface area (Å²) in [6.45, 7) is 1.98. The zero-order chi connectivity index (χ0) is 14.7. The first-order valence-electron chi connectivity index (χ1n) is 6.42. The topological polar surface area (TPSA) is 89.5 Å². The number of hydrogen-bond acceptors (Lipinski definition) is 4. The van der Waals surface area contributed by atoms with E-state index in [1.54, 1.807) is 4.90 Å². The lowest BCUT2D eigenvalue weighted by atomic mass is 10.1. The van der Waals surface area contributed by atoms with Crippen molar-refractivity contribution in [3.05, 3.63) is 38.9 Å². The van der Waals surface area contributed by atoms with Gasteiger partial charge in [-0.25, -0.2) is 0 Å². The summed E-state index contributed by atoms with van der Waals surface area (Å²) in [5.74, 6) is 0.350. The predicted octanol–water partition coefficient (Wildman–Crippen LogP) is 1.60. The van der Waals surface area contributed by atoms with Gasteiger partial charge in [0.1, 0.15) is 0 Å². The molecular weight excluding hydrogens is 282 g/mol. The Morgan fingerprint density at radius 1 is 1.55 bits per heavy atom. The SMILES string of the molecule is NCC1CCN(C(=O)Cc2ccc([N+](=O)[O-])cc2Cl)C1. The number of halogens is 1. The number of amides is 1. The normalized spacial score (nSPS) is 18.3. The Labute approximate surface area is 121 Å². The van der Waals surface area contributed by atoms with Gasteiger partial charge in [-0.3, -0.25) is 14.9 Å². The van der Waals surface area contributed by atoms with Gasteiger partial charge in [-0.15, -0.1) is 0 Å². The zero-order valence-electron chi connectivity index (χ0n) is 10.9. The number of rotatable bonds is 4. The maximum absolute atomic E-state index is 12.1. The van der Waals surface area contributed by atoms with Crippen molar-refractivity contribution in [2.24, 2.45) is 11.7 Å². The fraction of sp³-hybridized carbons (Fsp3) is 0.462. The molecule has 6 nitrogen and oxygen atoms in total. The van der Waals surface area contributed by atoms with Crippen LogP contribution < -0.4 is 5.73 Å². The summed E-state index contributed by atoms with van der Waals surface area (Å²) in [5.41, 5.74) is 6.13. The lowest BCUT2D eigenvalue weighted by Gasteiger charge is -2.16. The van der Waals surface area contributed by atoms with Crippen LogP contribution in [0.2, 0.25) is 5.02 Å². The van der Waals surface area contributed by atoms with Crippen LogP contribution in [0.5, 0.6) is 0 Å². The Bertz CT molecular complexity index is 536. The zero-order valence-corrected chi connectivity index (χ0v) is 11.7. The Morgan fingerprint density at radius 3 is 2.85 bits per heavy atom. The van der Waals surface area contributed by atoms with Gasteiger partial charge in [0.05, 0.1) is 16.4 Å². The Balaban J connectivity index is 2.03. The highest BCUT2D eigenvalue weighted by Crippen LogP contribution is 2.24. The third-order valence-corrected chi connectivity index (χ3v) is 3.91. The van der Waals surface area contributed by atoms with Crippen LogP contribution in [0.4, 0.5) is 5.69 Å². The molecule has 20 heavy (non-hydrogen) atoms. The van der Waals surface area contributed by atoms with Crippen LogP contribution in [0.1, 0.15) is 12.0 Å². The number of carbonyl (C=O) groups excluding carboxylic acids is 1. The number of non-ortho nitro benzene ring substituents is 1. The van der Waals surface area contributed by atoms with Gasteiger partial charge in [0.2, 0.25) is 5.91 Å². The summed E-state index contributed by atoms with van der Waals surface area (Å²) in [5, 5.41) is 10.9. The number of nitrogens with two attached hydrogens (primary N) is 1. The van der Waals surface area contributed by atoms with Crippen LogP contribution in [-0.4, -0.2) is 35.4 Å². The molecule has 108 valence electrons. The molecule has 1 aliphatic rings.